The quantitative estimate of drug-likeness (QED) is 0.465. The summed E-state index contributed by atoms with van der Waals surface area (Å²) in [5.41, 5.74) is 0.695. The van der Waals surface area contributed by atoms with Gasteiger partial charge in [0.1, 0.15) is 5.78 Å². The number of hydrogen-bond donors (Lipinski definition) is 1. The summed E-state index contributed by atoms with van der Waals surface area (Å²) < 4.78 is 32.0. The molecule has 5 aliphatic rings. The second-order valence-corrected chi connectivity index (χ2v) is 15.3. The summed E-state index contributed by atoms with van der Waals surface area (Å²) in [5.74, 6) is 4.25. The maximum Gasteiger partial charge on any atom is 0.266 e. The van der Waals surface area contributed by atoms with Gasteiger partial charge in [0.25, 0.3) is 10.1 Å². The summed E-state index contributed by atoms with van der Waals surface area (Å²) in [6.07, 6.45) is 13.2. The van der Waals surface area contributed by atoms with Crippen LogP contribution in [0.15, 0.2) is 0 Å². The van der Waals surface area contributed by atoms with Gasteiger partial charge in [-0.25, -0.2) is 0 Å². The summed E-state index contributed by atoms with van der Waals surface area (Å²) >= 11 is 0. The van der Waals surface area contributed by atoms with Crippen LogP contribution in [0.2, 0.25) is 0 Å². The molecule has 0 unspecified atom stereocenters. The summed E-state index contributed by atoms with van der Waals surface area (Å²) in [6, 6.07) is -0.377. The normalized spacial score (nSPS) is 43.6. The van der Waals surface area contributed by atoms with Crippen molar-refractivity contribution in [2.75, 3.05) is 12.3 Å². The lowest BCUT2D eigenvalue weighted by atomic mass is 9.44. The molecular formula is C29H47NO5S. The van der Waals surface area contributed by atoms with Gasteiger partial charge in [-0.05, 0) is 111 Å². The Hall–Kier alpha value is -0.950. The fourth-order valence-electron chi connectivity index (χ4n) is 10.3. The minimum absolute atomic E-state index is 0.0505. The second-order valence-electron chi connectivity index (χ2n) is 13.8. The molecule has 1 heterocycles. The van der Waals surface area contributed by atoms with Gasteiger partial charge in [-0.1, -0.05) is 20.8 Å². The first-order valence-electron chi connectivity index (χ1n) is 14.7. The number of fused-ring (bicyclic) bond motifs is 5. The van der Waals surface area contributed by atoms with Gasteiger partial charge in [0.15, 0.2) is 0 Å². The van der Waals surface area contributed by atoms with Crippen molar-refractivity contribution in [2.24, 2.45) is 46.3 Å². The molecule has 204 valence electrons. The van der Waals surface area contributed by atoms with Crippen molar-refractivity contribution < 1.29 is 22.6 Å². The highest BCUT2D eigenvalue weighted by atomic mass is 32.2. The van der Waals surface area contributed by atoms with Crippen LogP contribution >= 0.6 is 0 Å². The van der Waals surface area contributed by atoms with Crippen LogP contribution < -0.4 is 0 Å². The van der Waals surface area contributed by atoms with E-state index in [9.17, 15) is 22.6 Å². The first-order valence-corrected chi connectivity index (χ1v) is 16.3. The van der Waals surface area contributed by atoms with Crippen molar-refractivity contribution >= 4 is 21.8 Å². The van der Waals surface area contributed by atoms with E-state index in [2.05, 4.69) is 20.8 Å². The van der Waals surface area contributed by atoms with Gasteiger partial charge < -0.3 is 4.90 Å². The van der Waals surface area contributed by atoms with Crippen LogP contribution in [0, 0.1) is 46.3 Å². The van der Waals surface area contributed by atoms with Gasteiger partial charge in [0.2, 0.25) is 5.91 Å². The van der Waals surface area contributed by atoms with E-state index in [-0.39, 0.29) is 17.7 Å². The Kier molecular flexibility index (Phi) is 7.15. The number of likely N-dealkylation sites (tertiary alicyclic amines) is 1. The van der Waals surface area contributed by atoms with Gasteiger partial charge in [-0.2, -0.15) is 8.42 Å². The lowest BCUT2D eigenvalue weighted by molar-refractivity contribution is -0.140. The maximum absolute atomic E-state index is 13.0. The molecule has 0 bridgehead atoms. The third kappa shape index (κ3) is 4.69. The predicted molar refractivity (Wildman–Crippen MR) is 140 cm³/mol. The molecule has 0 aromatic carbocycles. The van der Waals surface area contributed by atoms with Crippen molar-refractivity contribution in [3.63, 3.8) is 0 Å². The molecule has 7 heteroatoms. The molecule has 9 atom stereocenters. The van der Waals surface area contributed by atoms with Crippen LogP contribution in [-0.4, -0.2) is 47.9 Å². The van der Waals surface area contributed by atoms with E-state index in [1.54, 1.807) is 4.90 Å². The van der Waals surface area contributed by atoms with Crippen LogP contribution in [0.1, 0.15) is 104 Å². The monoisotopic (exact) mass is 521 g/mol. The van der Waals surface area contributed by atoms with Crippen LogP contribution in [-0.2, 0) is 19.7 Å². The predicted octanol–water partition coefficient (Wildman–Crippen LogP) is 5.51. The van der Waals surface area contributed by atoms with Crippen molar-refractivity contribution in [1.29, 1.82) is 0 Å². The van der Waals surface area contributed by atoms with E-state index in [1.165, 1.54) is 38.5 Å². The minimum atomic E-state index is -4.07. The molecule has 6 nitrogen and oxygen atoms in total. The van der Waals surface area contributed by atoms with Crippen LogP contribution in [0.4, 0.5) is 0 Å². The summed E-state index contributed by atoms with van der Waals surface area (Å²) in [6.45, 7) is 8.00. The summed E-state index contributed by atoms with van der Waals surface area (Å²) in [5, 5.41) is 0. The van der Waals surface area contributed by atoms with Gasteiger partial charge in [-0.3, -0.25) is 14.1 Å². The Morgan fingerprint density at radius 3 is 2.56 bits per heavy atom. The standard InChI is InChI=1S/C29H47NO5S/c1-19(6-11-27(32)30-16-4-5-21(30)18-36(33,34)35)24-9-10-25-23-8-7-20-17-22(31)12-14-28(20,2)26(23)13-15-29(24,25)3/h19-21,23-26H,4-18H2,1-3H3,(H,33,34,35)/t19-,20-,21+,23+,24-,25+,26+,28+,29-/m1/s1. The molecule has 5 rings (SSSR count). The van der Waals surface area contributed by atoms with E-state index in [0.29, 0.717) is 53.8 Å². The highest BCUT2D eigenvalue weighted by molar-refractivity contribution is 7.85. The molecule has 0 radical (unpaired) electrons. The number of carbonyl (C=O) groups is 2. The Morgan fingerprint density at radius 2 is 1.81 bits per heavy atom. The Bertz CT molecular complexity index is 980. The Labute approximate surface area is 218 Å². The molecule has 0 aromatic heterocycles. The molecule has 1 saturated heterocycles. The highest BCUT2D eigenvalue weighted by Gasteiger charge is 2.60. The molecule has 0 aromatic rings. The molecule has 4 saturated carbocycles. The lowest BCUT2D eigenvalue weighted by Gasteiger charge is -2.60. The number of nitrogens with zero attached hydrogens (tertiary/aromatic N) is 1. The average molecular weight is 522 g/mol. The first kappa shape index (κ1) is 26.6. The molecule has 36 heavy (non-hydrogen) atoms. The molecule has 1 N–H and O–H groups in total. The largest absolute Gasteiger partial charge is 0.339 e. The Morgan fingerprint density at radius 1 is 1.06 bits per heavy atom. The van der Waals surface area contributed by atoms with Crippen LogP contribution in [0.5, 0.6) is 0 Å². The van der Waals surface area contributed by atoms with E-state index in [0.717, 1.165) is 49.9 Å². The zero-order chi connectivity index (χ0) is 25.9. The molecule has 1 aliphatic heterocycles. The molecule has 1 amide bonds. The van der Waals surface area contributed by atoms with Gasteiger partial charge in [0.05, 0.1) is 5.75 Å². The van der Waals surface area contributed by atoms with Gasteiger partial charge in [0, 0.05) is 31.8 Å². The second kappa shape index (κ2) is 9.66. The zero-order valence-electron chi connectivity index (χ0n) is 22.6. The van der Waals surface area contributed by atoms with E-state index < -0.39 is 10.1 Å². The summed E-state index contributed by atoms with van der Waals surface area (Å²) in [4.78, 5) is 26.9. The van der Waals surface area contributed by atoms with Crippen molar-refractivity contribution in [3.8, 4) is 0 Å². The topological polar surface area (TPSA) is 91.8 Å². The minimum Gasteiger partial charge on any atom is -0.339 e. The smallest absolute Gasteiger partial charge is 0.266 e. The lowest BCUT2D eigenvalue weighted by Crippen LogP contribution is -2.53. The van der Waals surface area contributed by atoms with Gasteiger partial charge in [-0.15, -0.1) is 0 Å². The van der Waals surface area contributed by atoms with Crippen LogP contribution in [0.3, 0.4) is 0 Å². The van der Waals surface area contributed by atoms with E-state index in [1.807, 2.05) is 0 Å². The first-order chi connectivity index (χ1) is 16.9. The number of Topliss-reactive ketones (excluding diaryl/α,β-unsaturated/α-hetero) is 1. The third-order valence-electron chi connectivity index (χ3n) is 12.2. The molecule has 5 fully saturated rings. The van der Waals surface area contributed by atoms with E-state index >= 15 is 0 Å². The summed E-state index contributed by atoms with van der Waals surface area (Å²) in [7, 11) is -4.07. The highest BCUT2D eigenvalue weighted by Crippen LogP contribution is 2.68. The van der Waals surface area contributed by atoms with Crippen molar-refractivity contribution in [1.82, 2.24) is 4.90 Å². The Balaban J connectivity index is 1.21. The average Bonchev–Trinajstić information content (AvgIpc) is 3.40. The van der Waals surface area contributed by atoms with Crippen molar-refractivity contribution in [2.45, 2.75) is 110 Å². The fraction of sp³-hybridized carbons (Fsp3) is 0.931. The molecule has 4 aliphatic carbocycles. The number of carbonyl (C=O) groups excluding carboxylic acids is 2. The number of amides is 1. The number of rotatable bonds is 6. The van der Waals surface area contributed by atoms with Crippen LogP contribution in [0.25, 0.3) is 0 Å². The molecular weight excluding hydrogens is 474 g/mol. The number of hydrogen-bond acceptors (Lipinski definition) is 4. The SMILES string of the molecule is C[C@H](CCC(=O)N1CCC[C@H]1CS(=O)(=O)O)[C@H]1CC[C@H]2[C@@H]3CC[C@@H]4CC(=O)CC[C@]4(C)[C@H]3CC[C@]12C. The van der Waals surface area contributed by atoms with E-state index in [4.69, 9.17) is 0 Å². The zero-order valence-corrected chi connectivity index (χ0v) is 23.4. The maximum atomic E-state index is 13.0. The molecule has 0 spiro atoms. The van der Waals surface area contributed by atoms with Crippen molar-refractivity contribution in [3.05, 3.63) is 0 Å². The number of ketones is 1. The fourth-order valence-corrected chi connectivity index (χ4v) is 11.1. The third-order valence-corrected chi connectivity index (χ3v) is 13.0. The van der Waals surface area contributed by atoms with Gasteiger partial charge >= 0.3 is 0 Å².